The standard InChI is InChI=1S/C9H13N3O/c1-7(13)11-8-2-4-12-5-3-10-9(12)6-8/h3,5,8H,2,4,6H2,1H3,(H,11,13)/t8-/m1/s1. The number of carbonyl (C=O) groups is 1. The van der Waals surface area contributed by atoms with E-state index >= 15 is 0 Å². The van der Waals surface area contributed by atoms with Crippen LogP contribution in [-0.4, -0.2) is 21.5 Å². The van der Waals surface area contributed by atoms with Gasteiger partial charge >= 0.3 is 0 Å². The third-order valence-corrected chi connectivity index (χ3v) is 2.36. The summed E-state index contributed by atoms with van der Waals surface area (Å²) in [6, 6.07) is 0.271. The molecule has 0 radical (unpaired) electrons. The van der Waals surface area contributed by atoms with Gasteiger partial charge in [-0.25, -0.2) is 4.98 Å². The van der Waals surface area contributed by atoms with Crippen molar-refractivity contribution in [3.05, 3.63) is 18.2 Å². The van der Waals surface area contributed by atoms with Gasteiger partial charge in [0.05, 0.1) is 0 Å². The molecule has 2 heterocycles. The van der Waals surface area contributed by atoms with Crippen LogP contribution in [0.4, 0.5) is 0 Å². The first-order valence-electron chi connectivity index (χ1n) is 4.53. The first-order chi connectivity index (χ1) is 6.25. The van der Waals surface area contributed by atoms with Gasteiger partial charge in [0.15, 0.2) is 0 Å². The van der Waals surface area contributed by atoms with Crippen LogP contribution in [0.5, 0.6) is 0 Å². The Hall–Kier alpha value is -1.32. The van der Waals surface area contributed by atoms with Crippen molar-refractivity contribution in [2.45, 2.75) is 32.4 Å². The lowest BCUT2D eigenvalue weighted by Gasteiger charge is -2.23. The highest BCUT2D eigenvalue weighted by molar-refractivity contribution is 5.73. The fourth-order valence-corrected chi connectivity index (χ4v) is 1.76. The molecule has 4 heteroatoms. The largest absolute Gasteiger partial charge is 0.353 e. The normalized spacial score (nSPS) is 20.8. The number of nitrogens with one attached hydrogen (secondary N) is 1. The van der Waals surface area contributed by atoms with Crippen LogP contribution in [0, 0.1) is 0 Å². The lowest BCUT2D eigenvalue weighted by molar-refractivity contribution is -0.119. The van der Waals surface area contributed by atoms with Crippen LogP contribution in [0.2, 0.25) is 0 Å². The molecule has 0 saturated carbocycles. The summed E-state index contributed by atoms with van der Waals surface area (Å²) in [6.07, 6.45) is 5.65. The second kappa shape index (κ2) is 3.20. The zero-order valence-corrected chi connectivity index (χ0v) is 7.66. The van der Waals surface area contributed by atoms with E-state index in [0.717, 1.165) is 25.2 Å². The van der Waals surface area contributed by atoms with Gasteiger partial charge in [-0.2, -0.15) is 0 Å². The van der Waals surface area contributed by atoms with E-state index in [9.17, 15) is 4.79 Å². The maximum atomic E-state index is 10.8. The van der Waals surface area contributed by atoms with E-state index in [-0.39, 0.29) is 11.9 Å². The summed E-state index contributed by atoms with van der Waals surface area (Å²) in [5.41, 5.74) is 0. The number of hydrogen-bond acceptors (Lipinski definition) is 2. The van der Waals surface area contributed by atoms with Crippen molar-refractivity contribution >= 4 is 5.91 Å². The van der Waals surface area contributed by atoms with Crippen LogP contribution in [0.3, 0.4) is 0 Å². The van der Waals surface area contributed by atoms with Gasteiger partial charge in [0, 0.05) is 38.3 Å². The smallest absolute Gasteiger partial charge is 0.217 e. The van der Waals surface area contributed by atoms with Crippen LogP contribution in [0.1, 0.15) is 19.2 Å². The predicted octanol–water partition coefficient (Wildman–Crippen LogP) is 0.334. The maximum Gasteiger partial charge on any atom is 0.217 e. The third-order valence-electron chi connectivity index (χ3n) is 2.36. The van der Waals surface area contributed by atoms with Crippen LogP contribution in [-0.2, 0) is 17.8 Å². The Labute approximate surface area is 77.0 Å². The quantitative estimate of drug-likeness (QED) is 0.675. The Morgan fingerprint density at radius 2 is 2.62 bits per heavy atom. The second-order valence-corrected chi connectivity index (χ2v) is 3.43. The predicted molar refractivity (Wildman–Crippen MR) is 48.2 cm³/mol. The monoisotopic (exact) mass is 179 g/mol. The Morgan fingerprint density at radius 3 is 3.38 bits per heavy atom. The van der Waals surface area contributed by atoms with Crippen molar-refractivity contribution < 1.29 is 4.79 Å². The van der Waals surface area contributed by atoms with Crippen molar-refractivity contribution in [2.75, 3.05) is 0 Å². The Kier molecular flexibility index (Phi) is 2.04. The van der Waals surface area contributed by atoms with Crippen LogP contribution in [0.25, 0.3) is 0 Å². The van der Waals surface area contributed by atoms with E-state index in [1.807, 2.05) is 12.4 Å². The van der Waals surface area contributed by atoms with Crippen molar-refractivity contribution in [2.24, 2.45) is 0 Å². The summed E-state index contributed by atoms with van der Waals surface area (Å²) in [5, 5.41) is 2.92. The number of amides is 1. The summed E-state index contributed by atoms with van der Waals surface area (Å²) < 4.78 is 2.14. The lowest BCUT2D eigenvalue weighted by Crippen LogP contribution is -2.38. The van der Waals surface area contributed by atoms with E-state index in [1.165, 1.54) is 0 Å². The molecule has 0 saturated heterocycles. The summed E-state index contributed by atoms with van der Waals surface area (Å²) >= 11 is 0. The molecule has 0 aliphatic carbocycles. The highest BCUT2D eigenvalue weighted by Crippen LogP contribution is 2.12. The summed E-state index contributed by atoms with van der Waals surface area (Å²) in [5.74, 6) is 1.12. The molecule has 1 atom stereocenters. The maximum absolute atomic E-state index is 10.8. The SMILES string of the molecule is CC(=O)N[C@@H]1CCn2ccnc2C1. The van der Waals surface area contributed by atoms with Gasteiger partial charge in [-0.1, -0.05) is 0 Å². The number of aromatic nitrogens is 2. The van der Waals surface area contributed by atoms with E-state index in [0.29, 0.717) is 0 Å². The molecule has 70 valence electrons. The van der Waals surface area contributed by atoms with Crippen molar-refractivity contribution in [3.8, 4) is 0 Å². The Balaban J connectivity index is 2.04. The second-order valence-electron chi connectivity index (χ2n) is 3.43. The first kappa shape index (κ1) is 8.29. The fraction of sp³-hybridized carbons (Fsp3) is 0.556. The minimum absolute atomic E-state index is 0.0463. The van der Waals surface area contributed by atoms with Gasteiger partial charge in [-0.15, -0.1) is 0 Å². The molecule has 1 amide bonds. The average Bonchev–Trinajstić information content (AvgIpc) is 2.49. The zero-order valence-electron chi connectivity index (χ0n) is 7.66. The third kappa shape index (κ3) is 1.71. The number of aryl methyl sites for hydroxylation is 1. The van der Waals surface area contributed by atoms with E-state index < -0.39 is 0 Å². The number of fused-ring (bicyclic) bond motifs is 1. The van der Waals surface area contributed by atoms with Gasteiger partial charge in [0.1, 0.15) is 5.82 Å². The molecule has 13 heavy (non-hydrogen) atoms. The molecule has 1 N–H and O–H groups in total. The Morgan fingerprint density at radius 1 is 1.77 bits per heavy atom. The van der Waals surface area contributed by atoms with Gasteiger partial charge in [0.2, 0.25) is 5.91 Å². The summed E-state index contributed by atoms with van der Waals surface area (Å²) in [4.78, 5) is 15.0. The number of carbonyl (C=O) groups excluding carboxylic acids is 1. The Bertz CT molecular complexity index is 318. The number of nitrogens with zero attached hydrogens (tertiary/aromatic N) is 2. The first-order valence-corrected chi connectivity index (χ1v) is 4.53. The fourth-order valence-electron chi connectivity index (χ4n) is 1.76. The van der Waals surface area contributed by atoms with Crippen molar-refractivity contribution in [1.82, 2.24) is 14.9 Å². The molecule has 0 spiro atoms. The lowest BCUT2D eigenvalue weighted by atomic mass is 10.1. The highest BCUT2D eigenvalue weighted by Gasteiger charge is 2.18. The van der Waals surface area contributed by atoms with Crippen molar-refractivity contribution in [3.63, 3.8) is 0 Å². The zero-order chi connectivity index (χ0) is 9.26. The summed E-state index contributed by atoms with van der Waals surface area (Å²) in [6.45, 7) is 2.52. The van der Waals surface area contributed by atoms with E-state index in [4.69, 9.17) is 0 Å². The molecule has 0 fully saturated rings. The molecule has 4 nitrogen and oxygen atoms in total. The molecule has 0 unspecified atom stereocenters. The van der Waals surface area contributed by atoms with Gasteiger partial charge in [-0.05, 0) is 6.42 Å². The number of imidazole rings is 1. The molecule has 1 aliphatic rings. The summed E-state index contributed by atoms with van der Waals surface area (Å²) in [7, 11) is 0. The van der Waals surface area contributed by atoms with E-state index in [2.05, 4.69) is 14.9 Å². The van der Waals surface area contributed by atoms with Crippen LogP contribution < -0.4 is 5.32 Å². The molecular formula is C9H13N3O. The molecule has 0 aromatic carbocycles. The minimum atomic E-state index is 0.0463. The van der Waals surface area contributed by atoms with Gasteiger partial charge < -0.3 is 9.88 Å². The number of hydrogen-bond donors (Lipinski definition) is 1. The number of rotatable bonds is 1. The molecule has 0 bridgehead atoms. The molecule has 1 aromatic heterocycles. The molecule has 1 aliphatic heterocycles. The molecule has 2 rings (SSSR count). The minimum Gasteiger partial charge on any atom is -0.353 e. The van der Waals surface area contributed by atoms with Gasteiger partial charge in [-0.3, -0.25) is 4.79 Å². The van der Waals surface area contributed by atoms with E-state index in [1.54, 1.807) is 6.92 Å². The van der Waals surface area contributed by atoms with Gasteiger partial charge in [0.25, 0.3) is 0 Å². The van der Waals surface area contributed by atoms with Crippen LogP contribution in [0.15, 0.2) is 12.4 Å². The topological polar surface area (TPSA) is 46.9 Å². The molecule has 1 aromatic rings. The highest BCUT2D eigenvalue weighted by atomic mass is 16.1. The van der Waals surface area contributed by atoms with Crippen molar-refractivity contribution in [1.29, 1.82) is 0 Å². The molecular weight excluding hydrogens is 166 g/mol. The average molecular weight is 179 g/mol. The van der Waals surface area contributed by atoms with Crippen LogP contribution >= 0.6 is 0 Å².